The Balaban J connectivity index is 0.00000323. The number of hydrogen-bond donors (Lipinski definition) is 1. The summed E-state index contributed by atoms with van der Waals surface area (Å²) in [5.74, 6) is 1.30. The molecule has 8 nitrogen and oxygen atoms in total. The Kier molecular flexibility index (Phi) is 8.50. The van der Waals surface area contributed by atoms with E-state index in [9.17, 15) is 4.79 Å². The van der Waals surface area contributed by atoms with E-state index < -0.39 is 0 Å². The van der Waals surface area contributed by atoms with Crippen molar-refractivity contribution in [2.75, 3.05) is 0 Å². The molecule has 1 N–H and O–H groups in total. The molecule has 0 radical (unpaired) electrons. The van der Waals surface area contributed by atoms with Gasteiger partial charge < -0.3 is 5.32 Å². The van der Waals surface area contributed by atoms with Crippen LogP contribution in [0.1, 0.15) is 23.9 Å². The number of tetrazole rings is 1. The van der Waals surface area contributed by atoms with Crippen LogP contribution in [0.3, 0.4) is 0 Å². The van der Waals surface area contributed by atoms with Gasteiger partial charge in [-0.25, -0.2) is 4.98 Å². The summed E-state index contributed by atoms with van der Waals surface area (Å²) < 4.78 is 1.77. The molecule has 9 heteroatoms. The first-order valence-electron chi connectivity index (χ1n) is 12.9. The molecule has 0 bridgehead atoms. The van der Waals surface area contributed by atoms with Crippen LogP contribution in [0.5, 0.6) is 0 Å². The average molecular weight is 536 g/mol. The SMILES string of the molecule is CCc1nc2ccc([N-]Cc3ccccc3)cc2c(=O)n1Cc1ccc(-c2ccccc2-c2nn[nH]n2)cc1.[Na+]. The molecule has 0 atom stereocenters. The number of aryl methyl sites for hydroxylation is 1. The van der Waals surface area contributed by atoms with Crippen molar-refractivity contribution in [3.05, 3.63) is 130 Å². The molecule has 0 spiro atoms. The number of H-pyrrole nitrogens is 1. The summed E-state index contributed by atoms with van der Waals surface area (Å²) in [7, 11) is 0. The zero-order valence-electron chi connectivity index (χ0n) is 22.5. The third kappa shape index (κ3) is 5.74. The molecular weight excluding hydrogens is 509 g/mol. The van der Waals surface area contributed by atoms with E-state index in [0.717, 1.165) is 39.3 Å². The normalized spacial score (nSPS) is 10.8. The Labute approximate surface area is 253 Å². The van der Waals surface area contributed by atoms with Crippen molar-refractivity contribution in [2.45, 2.75) is 26.4 Å². The Morgan fingerprint density at radius 1 is 0.850 bits per heavy atom. The van der Waals surface area contributed by atoms with Crippen LogP contribution in [0.4, 0.5) is 5.69 Å². The minimum atomic E-state index is -0.0554. The minimum absolute atomic E-state index is 0. The molecule has 0 saturated carbocycles. The fraction of sp³-hybridized carbons (Fsp3) is 0.129. The van der Waals surface area contributed by atoms with Crippen molar-refractivity contribution in [1.82, 2.24) is 30.2 Å². The van der Waals surface area contributed by atoms with Crippen LogP contribution < -0.4 is 35.1 Å². The molecule has 2 aromatic heterocycles. The van der Waals surface area contributed by atoms with Crippen LogP contribution in [-0.4, -0.2) is 30.2 Å². The second-order valence-electron chi connectivity index (χ2n) is 9.25. The molecule has 0 aliphatic carbocycles. The van der Waals surface area contributed by atoms with Crippen molar-refractivity contribution in [3.8, 4) is 22.5 Å². The summed E-state index contributed by atoms with van der Waals surface area (Å²) >= 11 is 0. The average Bonchev–Trinajstić information content (AvgIpc) is 3.53. The van der Waals surface area contributed by atoms with Gasteiger partial charge in [0.05, 0.1) is 17.4 Å². The maximum absolute atomic E-state index is 13.7. The second kappa shape index (κ2) is 12.4. The van der Waals surface area contributed by atoms with E-state index in [1.54, 1.807) is 4.57 Å². The minimum Gasteiger partial charge on any atom is -0.681 e. The molecule has 0 aliphatic rings. The van der Waals surface area contributed by atoms with Gasteiger partial charge in [0.15, 0.2) is 0 Å². The zero-order chi connectivity index (χ0) is 26.6. The van der Waals surface area contributed by atoms with E-state index in [-0.39, 0.29) is 35.1 Å². The molecule has 0 saturated heterocycles. The predicted molar refractivity (Wildman–Crippen MR) is 153 cm³/mol. The van der Waals surface area contributed by atoms with Gasteiger partial charge in [-0.1, -0.05) is 103 Å². The Bertz CT molecular complexity index is 1780. The summed E-state index contributed by atoms with van der Waals surface area (Å²) in [4.78, 5) is 18.5. The van der Waals surface area contributed by atoms with E-state index in [1.807, 2.05) is 91.9 Å². The molecule has 0 aliphatic heterocycles. The quantitative estimate of drug-likeness (QED) is 0.302. The van der Waals surface area contributed by atoms with Gasteiger partial charge in [-0.05, 0) is 28.0 Å². The van der Waals surface area contributed by atoms with Crippen LogP contribution in [-0.2, 0) is 19.5 Å². The number of nitrogens with one attached hydrogen (secondary N) is 1. The monoisotopic (exact) mass is 535 g/mol. The largest absolute Gasteiger partial charge is 1.00 e. The van der Waals surface area contributed by atoms with Gasteiger partial charge in [0.2, 0.25) is 5.82 Å². The smallest absolute Gasteiger partial charge is 0.681 e. The van der Waals surface area contributed by atoms with Crippen molar-refractivity contribution < 1.29 is 29.6 Å². The van der Waals surface area contributed by atoms with Crippen LogP contribution in [0.2, 0.25) is 0 Å². The molecule has 0 amide bonds. The molecule has 4 aromatic carbocycles. The van der Waals surface area contributed by atoms with Crippen LogP contribution in [0.25, 0.3) is 38.7 Å². The van der Waals surface area contributed by atoms with Crippen molar-refractivity contribution in [1.29, 1.82) is 0 Å². The third-order valence-electron chi connectivity index (χ3n) is 6.74. The van der Waals surface area contributed by atoms with Gasteiger partial charge >= 0.3 is 29.6 Å². The van der Waals surface area contributed by atoms with Gasteiger partial charge in [-0.15, -0.1) is 22.4 Å². The summed E-state index contributed by atoms with van der Waals surface area (Å²) in [5.41, 5.74) is 6.48. The predicted octanol–water partition coefficient (Wildman–Crippen LogP) is 3.06. The van der Waals surface area contributed by atoms with E-state index in [4.69, 9.17) is 10.3 Å². The Morgan fingerprint density at radius 2 is 1.60 bits per heavy atom. The number of aromatic nitrogens is 6. The second-order valence-corrected chi connectivity index (χ2v) is 9.25. The molecule has 192 valence electrons. The fourth-order valence-corrected chi connectivity index (χ4v) is 4.73. The van der Waals surface area contributed by atoms with E-state index in [0.29, 0.717) is 36.2 Å². The molecule has 2 heterocycles. The maximum Gasteiger partial charge on any atom is 1.00 e. The first-order chi connectivity index (χ1) is 19.2. The summed E-state index contributed by atoms with van der Waals surface area (Å²) in [6, 6.07) is 31.9. The van der Waals surface area contributed by atoms with Crippen molar-refractivity contribution in [3.63, 3.8) is 0 Å². The summed E-state index contributed by atoms with van der Waals surface area (Å²) in [5, 5.41) is 19.7. The number of hydrogen-bond acceptors (Lipinski definition) is 5. The Hall–Kier alpha value is -4.11. The van der Waals surface area contributed by atoms with E-state index in [1.165, 1.54) is 0 Å². The molecule has 6 aromatic rings. The first-order valence-corrected chi connectivity index (χ1v) is 12.9. The van der Waals surface area contributed by atoms with Crippen LogP contribution >= 0.6 is 0 Å². The van der Waals surface area contributed by atoms with Gasteiger partial charge in [0, 0.05) is 12.0 Å². The van der Waals surface area contributed by atoms with Gasteiger partial charge in [-0.2, -0.15) is 5.21 Å². The number of nitrogens with zero attached hydrogens (tertiary/aromatic N) is 6. The van der Waals surface area contributed by atoms with Gasteiger partial charge in [0.25, 0.3) is 5.56 Å². The molecule has 6 rings (SSSR count). The number of rotatable bonds is 8. The number of aromatic amines is 1. The zero-order valence-corrected chi connectivity index (χ0v) is 24.5. The van der Waals surface area contributed by atoms with Crippen LogP contribution in [0, 0.1) is 0 Å². The molecule has 40 heavy (non-hydrogen) atoms. The molecular formula is C31H26N7NaO. The first kappa shape index (κ1) is 27.5. The molecule has 0 fully saturated rings. The standard InChI is InChI=1S/C31H26N7O.Na/c1-2-29-33-28-17-16-24(32-19-21-8-4-3-5-9-21)18-27(28)31(39)38(29)20-22-12-14-23(15-13-22)25-10-6-7-11-26(25)30-34-36-37-35-30;/h3-18H,2,19-20H2,1H3,(H,34,35,36,37);/q-1;+1. The third-order valence-corrected chi connectivity index (χ3v) is 6.74. The van der Waals surface area contributed by atoms with Crippen molar-refractivity contribution >= 4 is 16.6 Å². The summed E-state index contributed by atoms with van der Waals surface area (Å²) in [6.07, 6.45) is 0.654. The Morgan fingerprint density at radius 3 is 2.33 bits per heavy atom. The van der Waals surface area contributed by atoms with Gasteiger partial charge in [0.1, 0.15) is 5.82 Å². The summed E-state index contributed by atoms with van der Waals surface area (Å²) in [6.45, 7) is 3.01. The van der Waals surface area contributed by atoms with Crippen molar-refractivity contribution in [2.24, 2.45) is 0 Å². The number of fused-ring (bicyclic) bond motifs is 1. The van der Waals surface area contributed by atoms with E-state index >= 15 is 0 Å². The van der Waals surface area contributed by atoms with Gasteiger partial charge in [-0.3, -0.25) is 9.36 Å². The van der Waals surface area contributed by atoms with Crippen LogP contribution in [0.15, 0.2) is 102 Å². The number of benzene rings is 4. The van der Waals surface area contributed by atoms with E-state index in [2.05, 4.69) is 32.8 Å². The molecule has 0 unspecified atom stereocenters. The topological polar surface area (TPSA) is 103 Å². The maximum atomic E-state index is 13.7. The fourth-order valence-electron chi connectivity index (χ4n) is 4.73.